The second kappa shape index (κ2) is 8.71. The zero-order chi connectivity index (χ0) is 22.0. The minimum absolute atomic E-state index is 0.0589. The number of nitrogens with one attached hydrogen (secondary N) is 1. The number of hydrogen-bond acceptors (Lipinski definition) is 5. The Kier molecular flexibility index (Phi) is 5.84. The topological polar surface area (TPSA) is 76.7 Å². The number of carbonyl (C=O) groups excluding carboxylic acids is 1. The number of hydrogen-bond donors (Lipinski definition) is 1. The number of ether oxygens (including phenoxy) is 3. The van der Waals surface area contributed by atoms with Crippen LogP contribution in [0.2, 0.25) is 0 Å². The molecular weight excluding hydrogens is 394 g/mol. The van der Waals surface area contributed by atoms with E-state index in [1.807, 2.05) is 54.3 Å². The molecular formula is C24H27N3O4. The Morgan fingerprint density at radius 1 is 1.03 bits per heavy atom. The molecule has 162 valence electrons. The number of aromatic nitrogens is 2. The maximum absolute atomic E-state index is 13.3. The highest BCUT2D eigenvalue weighted by molar-refractivity contribution is 6.00. The third-order valence-corrected chi connectivity index (χ3v) is 5.50. The summed E-state index contributed by atoms with van der Waals surface area (Å²) in [6, 6.07) is 13.1. The first kappa shape index (κ1) is 20.8. The Balaban J connectivity index is 1.87. The Labute approximate surface area is 181 Å². The lowest BCUT2D eigenvalue weighted by molar-refractivity contribution is 0.0742. The molecule has 0 spiro atoms. The van der Waals surface area contributed by atoms with E-state index in [0.717, 1.165) is 34.6 Å². The minimum atomic E-state index is -0.326. The molecule has 3 aromatic rings. The van der Waals surface area contributed by atoms with E-state index < -0.39 is 0 Å². The highest BCUT2D eigenvalue weighted by Crippen LogP contribution is 2.46. The molecule has 1 aromatic heterocycles. The second-order valence-corrected chi connectivity index (χ2v) is 7.33. The quantitative estimate of drug-likeness (QED) is 0.582. The van der Waals surface area contributed by atoms with E-state index in [1.54, 1.807) is 14.2 Å². The van der Waals surface area contributed by atoms with Crippen molar-refractivity contribution in [2.45, 2.75) is 26.3 Å². The molecule has 0 radical (unpaired) electrons. The van der Waals surface area contributed by atoms with Gasteiger partial charge in [-0.25, -0.2) is 0 Å². The van der Waals surface area contributed by atoms with Crippen molar-refractivity contribution >= 4 is 5.91 Å². The van der Waals surface area contributed by atoms with E-state index >= 15 is 0 Å². The van der Waals surface area contributed by atoms with Crippen LogP contribution in [0.4, 0.5) is 0 Å². The van der Waals surface area contributed by atoms with Gasteiger partial charge in [-0.2, -0.15) is 5.10 Å². The summed E-state index contributed by atoms with van der Waals surface area (Å²) in [6.07, 6.45) is 0.838. The summed E-state index contributed by atoms with van der Waals surface area (Å²) in [5.41, 5.74) is 3.91. The van der Waals surface area contributed by atoms with E-state index in [-0.39, 0.29) is 11.9 Å². The van der Waals surface area contributed by atoms with Crippen LogP contribution in [-0.2, 0) is 0 Å². The summed E-state index contributed by atoms with van der Waals surface area (Å²) in [6.45, 7) is 5.24. The lowest BCUT2D eigenvalue weighted by Gasteiger charge is -2.27. The van der Waals surface area contributed by atoms with Crippen LogP contribution >= 0.6 is 0 Å². The lowest BCUT2D eigenvalue weighted by atomic mass is 9.95. The van der Waals surface area contributed by atoms with E-state index in [9.17, 15) is 4.79 Å². The first-order valence-corrected chi connectivity index (χ1v) is 10.5. The van der Waals surface area contributed by atoms with Crippen molar-refractivity contribution in [1.29, 1.82) is 0 Å². The zero-order valence-corrected chi connectivity index (χ0v) is 18.3. The Morgan fingerprint density at radius 2 is 1.77 bits per heavy atom. The van der Waals surface area contributed by atoms with E-state index in [2.05, 4.69) is 17.1 Å². The van der Waals surface area contributed by atoms with Gasteiger partial charge in [-0.1, -0.05) is 6.92 Å². The molecule has 7 heteroatoms. The second-order valence-electron chi connectivity index (χ2n) is 7.33. The summed E-state index contributed by atoms with van der Waals surface area (Å²) >= 11 is 0. The first-order chi connectivity index (χ1) is 15.1. The van der Waals surface area contributed by atoms with Crippen LogP contribution in [0.3, 0.4) is 0 Å². The molecule has 4 rings (SSSR count). The van der Waals surface area contributed by atoms with Crippen LogP contribution in [0.15, 0.2) is 42.5 Å². The highest BCUT2D eigenvalue weighted by Gasteiger charge is 2.43. The molecule has 1 aliphatic rings. The maximum atomic E-state index is 13.3. The Morgan fingerprint density at radius 3 is 2.42 bits per heavy atom. The first-order valence-electron chi connectivity index (χ1n) is 10.5. The summed E-state index contributed by atoms with van der Waals surface area (Å²) in [4.78, 5) is 15.1. The summed E-state index contributed by atoms with van der Waals surface area (Å²) < 4.78 is 16.7. The lowest BCUT2D eigenvalue weighted by Crippen LogP contribution is -2.30. The molecule has 0 unspecified atom stereocenters. The fourth-order valence-electron chi connectivity index (χ4n) is 4.14. The van der Waals surface area contributed by atoms with Gasteiger partial charge in [-0.3, -0.25) is 9.89 Å². The van der Waals surface area contributed by atoms with E-state index in [0.29, 0.717) is 30.3 Å². The van der Waals surface area contributed by atoms with Gasteiger partial charge in [0.1, 0.15) is 22.9 Å². The smallest absolute Gasteiger partial charge is 0.273 e. The predicted molar refractivity (Wildman–Crippen MR) is 118 cm³/mol. The number of methoxy groups -OCH3 is 2. The molecule has 7 nitrogen and oxygen atoms in total. The molecule has 0 saturated carbocycles. The maximum Gasteiger partial charge on any atom is 0.273 e. The number of H-pyrrole nitrogens is 1. The minimum Gasteiger partial charge on any atom is -0.497 e. The van der Waals surface area contributed by atoms with Crippen molar-refractivity contribution < 1.29 is 19.0 Å². The fourth-order valence-corrected chi connectivity index (χ4v) is 4.14. The van der Waals surface area contributed by atoms with Crippen molar-refractivity contribution in [3.63, 3.8) is 0 Å². The largest absolute Gasteiger partial charge is 0.497 e. The van der Waals surface area contributed by atoms with Gasteiger partial charge < -0.3 is 19.1 Å². The molecule has 1 aliphatic heterocycles. The highest BCUT2D eigenvalue weighted by atomic mass is 16.5. The van der Waals surface area contributed by atoms with Crippen LogP contribution < -0.4 is 14.2 Å². The summed E-state index contributed by atoms with van der Waals surface area (Å²) in [5.74, 6) is 2.15. The fraction of sp³-hybridized carbons (Fsp3) is 0.333. The number of carbonyl (C=O) groups is 1. The standard InChI is InChI=1S/C24H27N3O4/c1-5-13-27-23(18-14-17(29-3)11-12-19(18)30-4)20-21(25-26-22(20)24(27)28)15-7-9-16(10-8-15)31-6-2/h7-12,14,23H,5-6,13H2,1-4H3,(H,25,26)/t23-/m1/s1. The molecule has 0 bridgehead atoms. The average molecular weight is 421 g/mol. The van der Waals surface area contributed by atoms with Crippen LogP contribution in [0.5, 0.6) is 17.2 Å². The summed E-state index contributed by atoms with van der Waals surface area (Å²) in [5, 5.41) is 7.50. The molecule has 1 N–H and O–H groups in total. The number of nitrogens with zero attached hydrogens (tertiary/aromatic N) is 2. The zero-order valence-electron chi connectivity index (χ0n) is 18.3. The third-order valence-electron chi connectivity index (χ3n) is 5.50. The van der Waals surface area contributed by atoms with E-state index in [1.165, 1.54) is 0 Å². The molecule has 2 heterocycles. The number of benzene rings is 2. The van der Waals surface area contributed by atoms with Crippen molar-refractivity contribution in [2.24, 2.45) is 0 Å². The SMILES string of the molecule is CCCN1C(=O)c2[nH]nc(-c3ccc(OCC)cc3)c2[C@H]1c1cc(OC)ccc1OC. The molecule has 0 fully saturated rings. The molecule has 0 aliphatic carbocycles. The van der Waals surface area contributed by atoms with Crippen LogP contribution in [0.1, 0.15) is 47.9 Å². The molecule has 1 amide bonds. The van der Waals surface area contributed by atoms with Gasteiger partial charge in [0.05, 0.1) is 32.6 Å². The predicted octanol–water partition coefficient (Wildman–Crippen LogP) is 4.45. The van der Waals surface area contributed by atoms with Crippen molar-refractivity contribution in [1.82, 2.24) is 15.1 Å². The van der Waals surface area contributed by atoms with Gasteiger partial charge in [0, 0.05) is 23.2 Å². The Bertz CT molecular complexity index is 1070. The van der Waals surface area contributed by atoms with Gasteiger partial charge in [-0.05, 0) is 55.8 Å². The number of rotatable bonds is 8. The van der Waals surface area contributed by atoms with Gasteiger partial charge in [0.15, 0.2) is 0 Å². The average Bonchev–Trinajstić information content (AvgIpc) is 3.34. The number of fused-ring (bicyclic) bond motifs is 1. The molecule has 1 atom stereocenters. The monoisotopic (exact) mass is 421 g/mol. The molecule has 31 heavy (non-hydrogen) atoms. The van der Waals surface area contributed by atoms with Gasteiger partial charge in [0.25, 0.3) is 5.91 Å². The van der Waals surface area contributed by atoms with Gasteiger partial charge >= 0.3 is 0 Å². The van der Waals surface area contributed by atoms with Gasteiger partial charge in [0.2, 0.25) is 0 Å². The molecule has 2 aromatic carbocycles. The van der Waals surface area contributed by atoms with Crippen LogP contribution in [0.25, 0.3) is 11.3 Å². The van der Waals surface area contributed by atoms with Crippen molar-refractivity contribution in [3.8, 4) is 28.5 Å². The van der Waals surface area contributed by atoms with Crippen molar-refractivity contribution in [3.05, 3.63) is 59.3 Å². The van der Waals surface area contributed by atoms with Crippen LogP contribution in [0, 0.1) is 0 Å². The molecule has 0 saturated heterocycles. The van der Waals surface area contributed by atoms with E-state index in [4.69, 9.17) is 14.2 Å². The van der Waals surface area contributed by atoms with Gasteiger partial charge in [-0.15, -0.1) is 0 Å². The Hall–Kier alpha value is -3.48. The summed E-state index contributed by atoms with van der Waals surface area (Å²) in [7, 11) is 3.26. The third kappa shape index (κ3) is 3.60. The van der Waals surface area contributed by atoms with Crippen LogP contribution in [-0.4, -0.2) is 48.4 Å². The number of amides is 1. The normalized spacial score (nSPS) is 15.2. The van der Waals surface area contributed by atoms with Crippen molar-refractivity contribution in [2.75, 3.05) is 27.4 Å². The number of aromatic amines is 1.